The van der Waals surface area contributed by atoms with Gasteiger partial charge >= 0.3 is 5.69 Å². The molecule has 0 amide bonds. The Hall–Kier alpha value is -3.99. The third-order valence-corrected chi connectivity index (χ3v) is 5.58. The van der Waals surface area contributed by atoms with Gasteiger partial charge in [-0.2, -0.15) is 9.78 Å². The van der Waals surface area contributed by atoms with Gasteiger partial charge in [-0.05, 0) is 31.0 Å². The Kier molecular flexibility index (Phi) is 6.26. The Bertz CT molecular complexity index is 1280. The van der Waals surface area contributed by atoms with E-state index in [1.54, 1.807) is 18.2 Å². The van der Waals surface area contributed by atoms with Gasteiger partial charge in [-0.15, -0.1) is 6.42 Å². The lowest BCUT2D eigenvalue weighted by molar-refractivity contribution is -0.385. The largest absolute Gasteiger partial charge is 0.473 e. The number of benzene rings is 2. The summed E-state index contributed by atoms with van der Waals surface area (Å²) in [5.74, 6) is 3.06. The van der Waals surface area contributed by atoms with E-state index in [-0.39, 0.29) is 29.5 Å². The van der Waals surface area contributed by atoms with Crippen molar-refractivity contribution in [2.75, 3.05) is 6.61 Å². The molecule has 0 unspecified atom stereocenters. The Balaban J connectivity index is 1.85. The molecule has 0 bridgehead atoms. The van der Waals surface area contributed by atoms with Gasteiger partial charge in [0.15, 0.2) is 0 Å². The highest BCUT2D eigenvalue weighted by molar-refractivity contribution is 5.86. The molecular weight excluding hydrogens is 408 g/mol. The van der Waals surface area contributed by atoms with Crippen LogP contribution >= 0.6 is 0 Å². The summed E-state index contributed by atoms with van der Waals surface area (Å²) in [5.41, 5.74) is 0.492. The molecule has 0 spiro atoms. The number of para-hydroxylation sites is 2. The highest BCUT2D eigenvalue weighted by Gasteiger charge is 2.23. The standard InChI is InChI=1S/C24H22N4O4/c1-2-15-32-22-18(11-8-14-21(22)28(30)31)16-25-27-23(17-9-4-3-5-10-17)26-20-13-7-6-12-19(20)24(27)29/h1,6-8,11-14,16-17H,3-5,9-10,15H2. The molecule has 1 aromatic heterocycles. The van der Waals surface area contributed by atoms with E-state index in [0.717, 1.165) is 25.7 Å². The molecule has 1 heterocycles. The van der Waals surface area contributed by atoms with Gasteiger partial charge in [0.1, 0.15) is 12.4 Å². The zero-order valence-corrected chi connectivity index (χ0v) is 17.4. The predicted molar refractivity (Wildman–Crippen MR) is 122 cm³/mol. The molecule has 162 valence electrons. The van der Waals surface area contributed by atoms with Crippen LogP contribution in [0, 0.1) is 22.5 Å². The van der Waals surface area contributed by atoms with E-state index < -0.39 is 4.92 Å². The molecule has 4 rings (SSSR count). The number of hydrogen-bond acceptors (Lipinski definition) is 6. The highest BCUT2D eigenvalue weighted by atomic mass is 16.6. The molecule has 1 aliphatic rings. The van der Waals surface area contributed by atoms with Crippen molar-refractivity contribution in [3.8, 4) is 18.1 Å². The second kappa shape index (κ2) is 9.43. The second-order valence-corrected chi connectivity index (χ2v) is 7.63. The Morgan fingerprint density at radius 2 is 2.00 bits per heavy atom. The summed E-state index contributed by atoms with van der Waals surface area (Å²) < 4.78 is 6.76. The summed E-state index contributed by atoms with van der Waals surface area (Å²) in [4.78, 5) is 29.0. The smallest absolute Gasteiger partial charge is 0.311 e. The van der Waals surface area contributed by atoms with Crippen LogP contribution in [0.5, 0.6) is 5.75 Å². The number of fused-ring (bicyclic) bond motifs is 1. The fourth-order valence-corrected chi connectivity index (χ4v) is 4.06. The van der Waals surface area contributed by atoms with Crippen LogP contribution in [0.15, 0.2) is 52.4 Å². The second-order valence-electron chi connectivity index (χ2n) is 7.63. The van der Waals surface area contributed by atoms with Gasteiger partial charge in [-0.3, -0.25) is 14.9 Å². The fourth-order valence-electron chi connectivity index (χ4n) is 4.06. The monoisotopic (exact) mass is 430 g/mol. The molecule has 1 aliphatic carbocycles. The number of terminal acetylenes is 1. The van der Waals surface area contributed by atoms with Crippen LogP contribution in [-0.2, 0) is 0 Å². The molecule has 0 radical (unpaired) electrons. The van der Waals surface area contributed by atoms with Gasteiger partial charge in [0.25, 0.3) is 5.56 Å². The topological polar surface area (TPSA) is 99.6 Å². The Morgan fingerprint density at radius 1 is 1.22 bits per heavy atom. The maximum Gasteiger partial charge on any atom is 0.311 e. The van der Waals surface area contributed by atoms with Gasteiger partial charge < -0.3 is 4.74 Å². The number of hydrogen-bond donors (Lipinski definition) is 0. The SMILES string of the molecule is C#CCOc1c(C=Nn2c(C3CCCCC3)nc3ccccc3c2=O)cccc1[N+](=O)[O-]. The van der Waals surface area contributed by atoms with Crippen molar-refractivity contribution in [3.63, 3.8) is 0 Å². The molecule has 32 heavy (non-hydrogen) atoms. The van der Waals surface area contributed by atoms with E-state index in [9.17, 15) is 14.9 Å². The molecule has 1 fully saturated rings. The van der Waals surface area contributed by atoms with E-state index >= 15 is 0 Å². The summed E-state index contributed by atoms with van der Waals surface area (Å²) in [6.45, 7) is -0.128. The Labute approximate surface area is 184 Å². The summed E-state index contributed by atoms with van der Waals surface area (Å²) in [6.07, 6.45) is 11.8. The summed E-state index contributed by atoms with van der Waals surface area (Å²) in [5, 5.41) is 16.3. The minimum absolute atomic E-state index is 0.0141. The number of nitro benzene ring substituents is 1. The van der Waals surface area contributed by atoms with Gasteiger partial charge in [0.2, 0.25) is 5.75 Å². The van der Waals surface area contributed by atoms with Crippen molar-refractivity contribution >= 4 is 22.8 Å². The van der Waals surface area contributed by atoms with Gasteiger partial charge in [0.05, 0.1) is 22.0 Å². The van der Waals surface area contributed by atoms with Crippen LogP contribution in [0.3, 0.4) is 0 Å². The van der Waals surface area contributed by atoms with E-state index in [1.165, 1.54) is 29.4 Å². The average Bonchev–Trinajstić information content (AvgIpc) is 2.82. The summed E-state index contributed by atoms with van der Waals surface area (Å²) in [6, 6.07) is 11.7. The number of ether oxygens (including phenoxy) is 1. The highest BCUT2D eigenvalue weighted by Crippen LogP contribution is 2.32. The van der Waals surface area contributed by atoms with Crippen molar-refractivity contribution in [2.45, 2.75) is 38.0 Å². The minimum atomic E-state index is -0.541. The van der Waals surface area contributed by atoms with Crippen LogP contribution in [0.2, 0.25) is 0 Å². The number of rotatable bonds is 6. The summed E-state index contributed by atoms with van der Waals surface area (Å²) >= 11 is 0. The first-order valence-corrected chi connectivity index (χ1v) is 10.5. The molecule has 3 aromatic rings. The normalized spacial score (nSPS) is 14.5. The number of aromatic nitrogens is 2. The van der Waals surface area contributed by atoms with Crippen molar-refractivity contribution in [1.82, 2.24) is 9.66 Å². The quantitative estimate of drug-likeness (QED) is 0.252. The average molecular weight is 430 g/mol. The lowest BCUT2D eigenvalue weighted by Crippen LogP contribution is -2.25. The molecule has 0 aliphatic heterocycles. The molecule has 8 nitrogen and oxygen atoms in total. The first-order valence-electron chi connectivity index (χ1n) is 10.5. The molecule has 1 saturated carbocycles. The molecular formula is C24H22N4O4. The molecule has 0 saturated heterocycles. The lowest BCUT2D eigenvalue weighted by Gasteiger charge is -2.22. The third kappa shape index (κ3) is 4.23. The minimum Gasteiger partial charge on any atom is -0.473 e. The third-order valence-electron chi connectivity index (χ3n) is 5.58. The molecule has 8 heteroatoms. The molecule has 2 aromatic carbocycles. The van der Waals surface area contributed by atoms with E-state index in [0.29, 0.717) is 22.3 Å². The van der Waals surface area contributed by atoms with Crippen molar-refractivity contribution in [1.29, 1.82) is 0 Å². The van der Waals surface area contributed by atoms with Gasteiger partial charge in [-0.1, -0.05) is 43.4 Å². The van der Waals surface area contributed by atoms with E-state index in [1.807, 2.05) is 12.1 Å². The van der Waals surface area contributed by atoms with Gasteiger partial charge in [0, 0.05) is 17.5 Å². The first-order chi connectivity index (χ1) is 15.6. The maximum atomic E-state index is 13.3. The van der Waals surface area contributed by atoms with Crippen LogP contribution in [0.25, 0.3) is 10.9 Å². The van der Waals surface area contributed by atoms with Crippen molar-refractivity contribution in [3.05, 3.63) is 74.3 Å². The predicted octanol–water partition coefficient (Wildman–Crippen LogP) is 4.25. The lowest BCUT2D eigenvalue weighted by atomic mass is 9.88. The number of nitrogens with zero attached hydrogens (tertiary/aromatic N) is 4. The molecule has 0 atom stereocenters. The first kappa shape index (κ1) is 21.2. The van der Waals surface area contributed by atoms with E-state index in [4.69, 9.17) is 16.1 Å². The van der Waals surface area contributed by atoms with Gasteiger partial charge in [-0.25, -0.2) is 4.98 Å². The summed E-state index contributed by atoms with van der Waals surface area (Å²) in [7, 11) is 0. The van der Waals surface area contributed by atoms with Crippen molar-refractivity contribution < 1.29 is 9.66 Å². The zero-order chi connectivity index (χ0) is 22.5. The maximum absolute atomic E-state index is 13.3. The fraction of sp³-hybridized carbons (Fsp3) is 0.292. The van der Waals surface area contributed by atoms with Crippen LogP contribution in [0.1, 0.15) is 49.4 Å². The van der Waals surface area contributed by atoms with Crippen molar-refractivity contribution in [2.24, 2.45) is 5.10 Å². The Morgan fingerprint density at radius 3 is 2.75 bits per heavy atom. The van der Waals surface area contributed by atoms with E-state index in [2.05, 4.69) is 11.0 Å². The van der Waals surface area contributed by atoms with Crippen LogP contribution in [-0.4, -0.2) is 27.4 Å². The van der Waals surface area contributed by atoms with Crippen LogP contribution in [0.4, 0.5) is 5.69 Å². The number of nitro groups is 1. The molecule has 0 N–H and O–H groups in total. The zero-order valence-electron chi connectivity index (χ0n) is 17.4. The van der Waals surface area contributed by atoms with Crippen LogP contribution < -0.4 is 10.3 Å².